The molecule has 1 aromatic heterocycles. The Bertz CT molecular complexity index is 738. The first-order valence-electron chi connectivity index (χ1n) is 8.64. The molecular weight excluding hydrogens is 354 g/mol. The standard InChI is InChI=1S/C18H24ClN5O2/c1-13-11-17(22-15-12-14(19)3-4-16(15)25-2)23-18(21-13)20-5-6-24-7-9-26-10-8-24/h3-4,11-12H,5-10H2,1-2H3,(H2,20,21,22,23). The monoisotopic (exact) mass is 377 g/mol. The van der Waals surface area contributed by atoms with Crippen LogP contribution in [0.3, 0.4) is 0 Å². The number of halogens is 1. The van der Waals surface area contributed by atoms with E-state index in [4.69, 9.17) is 21.1 Å². The zero-order valence-corrected chi connectivity index (χ0v) is 15.8. The Morgan fingerprint density at radius 2 is 2.04 bits per heavy atom. The predicted octanol–water partition coefficient (Wildman–Crippen LogP) is 2.93. The quantitative estimate of drug-likeness (QED) is 0.768. The van der Waals surface area contributed by atoms with Gasteiger partial charge in [0.2, 0.25) is 5.95 Å². The number of morpholine rings is 1. The van der Waals surface area contributed by atoms with Crippen LogP contribution in [0.25, 0.3) is 0 Å². The Labute approximate surface area is 158 Å². The highest BCUT2D eigenvalue weighted by Crippen LogP contribution is 2.30. The molecule has 0 amide bonds. The largest absolute Gasteiger partial charge is 0.495 e. The van der Waals surface area contributed by atoms with Gasteiger partial charge in [0.25, 0.3) is 0 Å². The molecule has 0 aliphatic carbocycles. The number of methoxy groups -OCH3 is 1. The molecule has 0 unspecified atom stereocenters. The van der Waals surface area contributed by atoms with E-state index in [9.17, 15) is 0 Å². The molecule has 0 atom stereocenters. The average Bonchev–Trinajstić information content (AvgIpc) is 2.62. The van der Waals surface area contributed by atoms with Crippen LogP contribution >= 0.6 is 11.6 Å². The van der Waals surface area contributed by atoms with Gasteiger partial charge in [-0.1, -0.05) is 11.6 Å². The highest BCUT2D eigenvalue weighted by molar-refractivity contribution is 6.31. The summed E-state index contributed by atoms with van der Waals surface area (Å²) in [4.78, 5) is 11.4. The summed E-state index contributed by atoms with van der Waals surface area (Å²) in [5, 5.41) is 7.18. The van der Waals surface area contributed by atoms with Crippen molar-refractivity contribution in [3.05, 3.63) is 35.0 Å². The van der Waals surface area contributed by atoms with Gasteiger partial charge in [-0.25, -0.2) is 4.98 Å². The Balaban J connectivity index is 1.64. The van der Waals surface area contributed by atoms with Crippen LogP contribution in [0.4, 0.5) is 17.5 Å². The van der Waals surface area contributed by atoms with Crippen molar-refractivity contribution in [1.29, 1.82) is 0 Å². The van der Waals surface area contributed by atoms with Crippen molar-refractivity contribution in [3.8, 4) is 5.75 Å². The van der Waals surface area contributed by atoms with Crippen LogP contribution < -0.4 is 15.4 Å². The first kappa shape index (κ1) is 18.7. The van der Waals surface area contributed by atoms with E-state index in [0.29, 0.717) is 22.5 Å². The summed E-state index contributed by atoms with van der Waals surface area (Å²) in [6.45, 7) is 7.20. The van der Waals surface area contributed by atoms with Gasteiger partial charge >= 0.3 is 0 Å². The second kappa shape index (κ2) is 9.02. The number of nitrogens with zero attached hydrogens (tertiary/aromatic N) is 3. The molecule has 0 bridgehead atoms. The lowest BCUT2D eigenvalue weighted by molar-refractivity contribution is 0.0398. The number of ether oxygens (including phenoxy) is 2. The maximum absolute atomic E-state index is 6.09. The first-order chi connectivity index (χ1) is 12.6. The zero-order chi connectivity index (χ0) is 18.4. The minimum Gasteiger partial charge on any atom is -0.495 e. The highest BCUT2D eigenvalue weighted by Gasteiger charge is 2.11. The van der Waals surface area contributed by atoms with Gasteiger partial charge in [-0.15, -0.1) is 0 Å². The van der Waals surface area contributed by atoms with Gasteiger partial charge in [0.15, 0.2) is 0 Å². The number of rotatable bonds is 7. The van der Waals surface area contributed by atoms with Crippen LogP contribution in [0.1, 0.15) is 5.69 Å². The van der Waals surface area contributed by atoms with Crippen LogP contribution in [0.5, 0.6) is 5.75 Å². The summed E-state index contributed by atoms with van der Waals surface area (Å²) < 4.78 is 10.7. The van der Waals surface area contributed by atoms with E-state index in [2.05, 4.69) is 25.5 Å². The normalized spacial score (nSPS) is 14.9. The number of hydrogen-bond donors (Lipinski definition) is 2. The third-order valence-electron chi connectivity index (χ3n) is 4.09. The number of benzene rings is 1. The molecule has 0 spiro atoms. The van der Waals surface area contributed by atoms with E-state index < -0.39 is 0 Å². The fourth-order valence-corrected chi connectivity index (χ4v) is 2.95. The molecular formula is C18H24ClN5O2. The van der Waals surface area contributed by atoms with E-state index in [-0.39, 0.29) is 0 Å². The van der Waals surface area contributed by atoms with Crippen LogP contribution in [-0.4, -0.2) is 61.4 Å². The minimum atomic E-state index is 0.599. The molecule has 8 heteroatoms. The molecule has 1 fully saturated rings. The van der Waals surface area contributed by atoms with Crippen molar-refractivity contribution in [2.24, 2.45) is 0 Å². The maximum atomic E-state index is 6.09. The third kappa shape index (κ3) is 5.20. The van der Waals surface area contributed by atoms with Crippen LogP contribution in [0.2, 0.25) is 5.02 Å². The van der Waals surface area contributed by atoms with Crippen molar-refractivity contribution in [2.75, 3.05) is 57.1 Å². The molecule has 2 heterocycles. The lowest BCUT2D eigenvalue weighted by Gasteiger charge is -2.26. The van der Waals surface area contributed by atoms with Crippen LogP contribution in [-0.2, 0) is 4.74 Å². The lowest BCUT2D eigenvalue weighted by atomic mass is 10.3. The molecule has 1 aliphatic rings. The van der Waals surface area contributed by atoms with Crippen molar-refractivity contribution in [1.82, 2.24) is 14.9 Å². The number of nitrogens with one attached hydrogen (secondary N) is 2. The van der Waals surface area contributed by atoms with Gasteiger partial charge in [0, 0.05) is 43.0 Å². The fraction of sp³-hybridized carbons (Fsp3) is 0.444. The molecule has 26 heavy (non-hydrogen) atoms. The summed E-state index contributed by atoms with van der Waals surface area (Å²) in [7, 11) is 1.62. The number of aryl methyl sites for hydroxylation is 1. The molecule has 2 aromatic rings. The molecule has 1 saturated heterocycles. The molecule has 3 rings (SSSR count). The summed E-state index contributed by atoms with van der Waals surface area (Å²) >= 11 is 6.09. The molecule has 0 saturated carbocycles. The zero-order valence-electron chi connectivity index (χ0n) is 15.1. The van der Waals surface area contributed by atoms with E-state index >= 15 is 0 Å². The second-order valence-electron chi connectivity index (χ2n) is 6.07. The van der Waals surface area contributed by atoms with Crippen molar-refractivity contribution in [2.45, 2.75) is 6.92 Å². The summed E-state index contributed by atoms with van der Waals surface area (Å²) in [6, 6.07) is 7.30. The Morgan fingerprint density at radius 3 is 2.81 bits per heavy atom. The first-order valence-corrected chi connectivity index (χ1v) is 9.02. The van der Waals surface area contributed by atoms with Gasteiger partial charge in [0.05, 0.1) is 26.0 Å². The van der Waals surface area contributed by atoms with E-state index in [1.165, 1.54) is 0 Å². The number of anilines is 3. The molecule has 140 valence electrons. The van der Waals surface area contributed by atoms with Gasteiger partial charge in [-0.05, 0) is 25.1 Å². The Morgan fingerprint density at radius 1 is 1.23 bits per heavy atom. The van der Waals surface area contributed by atoms with Crippen LogP contribution in [0, 0.1) is 6.92 Å². The van der Waals surface area contributed by atoms with E-state index in [1.807, 2.05) is 25.1 Å². The lowest BCUT2D eigenvalue weighted by Crippen LogP contribution is -2.39. The Hall–Kier alpha value is -2.09. The van der Waals surface area contributed by atoms with Crippen molar-refractivity contribution in [3.63, 3.8) is 0 Å². The molecule has 0 radical (unpaired) electrons. The number of aromatic nitrogens is 2. The van der Waals surface area contributed by atoms with E-state index in [0.717, 1.165) is 50.8 Å². The smallest absolute Gasteiger partial charge is 0.224 e. The maximum Gasteiger partial charge on any atom is 0.224 e. The molecule has 7 nitrogen and oxygen atoms in total. The summed E-state index contributed by atoms with van der Waals surface area (Å²) in [6.07, 6.45) is 0. The average molecular weight is 378 g/mol. The van der Waals surface area contributed by atoms with Gasteiger partial charge in [0.1, 0.15) is 11.6 Å². The SMILES string of the molecule is COc1ccc(Cl)cc1Nc1cc(C)nc(NCCN2CCOCC2)n1. The van der Waals surface area contributed by atoms with Gasteiger partial charge < -0.3 is 20.1 Å². The number of hydrogen-bond acceptors (Lipinski definition) is 7. The predicted molar refractivity (Wildman–Crippen MR) is 104 cm³/mol. The van der Waals surface area contributed by atoms with Gasteiger partial charge in [-0.2, -0.15) is 4.98 Å². The second-order valence-corrected chi connectivity index (χ2v) is 6.51. The molecule has 1 aliphatic heterocycles. The topological polar surface area (TPSA) is 71.5 Å². The summed E-state index contributed by atoms with van der Waals surface area (Å²) in [5.41, 5.74) is 1.63. The highest BCUT2D eigenvalue weighted by atomic mass is 35.5. The summed E-state index contributed by atoms with van der Waals surface area (Å²) in [5.74, 6) is 1.99. The molecule has 2 N–H and O–H groups in total. The van der Waals surface area contributed by atoms with Crippen molar-refractivity contribution >= 4 is 29.1 Å². The molecule has 1 aromatic carbocycles. The van der Waals surface area contributed by atoms with Crippen LogP contribution in [0.15, 0.2) is 24.3 Å². The van der Waals surface area contributed by atoms with E-state index in [1.54, 1.807) is 13.2 Å². The Kier molecular flexibility index (Phi) is 6.49. The minimum absolute atomic E-state index is 0.599. The van der Waals surface area contributed by atoms with Gasteiger partial charge in [-0.3, -0.25) is 4.90 Å². The third-order valence-corrected chi connectivity index (χ3v) is 4.33. The van der Waals surface area contributed by atoms with Crippen molar-refractivity contribution < 1.29 is 9.47 Å². The fourth-order valence-electron chi connectivity index (χ4n) is 2.78.